The minimum Gasteiger partial charge on any atom is -0.360 e. The van der Waals surface area contributed by atoms with Crippen LogP contribution >= 0.6 is 22.9 Å². The van der Waals surface area contributed by atoms with Crippen LogP contribution in [-0.2, 0) is 4.74 Å². The van der Waals surface area contributed by atoms with Gasteiger partial charge in [0.05, 0.1) is 24.2 Å². The number of halogens is 1. The Morgan fingerprint density at radius 2 is 2.53 bits per heavy atom. The minimum absolute atomic E-state index is 0.114. The molecule has 1 aromatic rings. The molecule has 1 aromatic heterocycles. The lowest BCUT2D eigenvalue weighted by molar-refractivity contribution is 0.00370. The van der Waals surface area contributed by atoms with Gasteiger partial charge in [0.25, 0.3) is 5.91 Å². The van der Waals surface area contributed by atoms with Gasteiger partial charge >= 0.3 is 0 Å². The molecular weight excluding hydrogens is 260 g/mol. The Balaban J connectivity index is 2.15. The summed E-state index contributed by atoms with van der Waals surface area (Å²) >= 11 is 7.40. The molecule has 1 amide bonds. The summed E-state index contributed by atoms with van der Waals surface area (Å²) in [7, 11) is 0. The van der Waals surface area contributed by atoms with Crippen LogP contribution in [0.15, 0.2) is 5.38 Å². The molecule has 2 heterocycles. The molecule has 0 aromatic carbocycles. The third-order valence-corrected chi connectivity index (χ3v) is 4.28. The van der Waals surface area contributed by atoms with E-state index in [2.05, 4.69) is 0 Å². The first-order valence-electron chi connectivity index (χ1n) is 5.17. The summed E-state index contributed by atoms with van der Waals surface area (Å²) in [4.78, 5) is 14.3. The van der Waals surface area contributed by atoms with E-state index in [9.17, 15) is 4.79 Å². The number of thiophene rings is 1. The van der Waals surface area contributed by atoms with Crippen molar-refractivity contribution in [1.29, 1.82) is 5.26 Å². The smallest absolute Gasteiger partial charge is 0.265 e. The Hall–Kier alpha value is -1.09. The third-order valence-electron chi connectivity index (χ3n) is 2.59. The lowest BCUT2D eigenvalue weighted by atomic mass is 10.2. The summed E-state index contributed by atoms with van der Waals surface area (Å²) in [5.41, 5.74) is 0.908. The number of nitriles is 1. The van der Waals surface area contributed by atoms with Crippen LogP contribution in [0, 0.1) is 18.3 Å². The molecule has 1 saturated heterocycles. The highest BCUT2D eigenvalue weighted by Crippen LogP contribution is 2.28. The average molecular weight is 271 g/mol. The fourth-order valence-electron chi connectivity index (χ4n) is 1.63. The highest BCUT2D eigenvalue weighted by atomic mass is 35.5. The maximum Gasteiger partial charge on any atom is 0.265 e. The molecule has 4 nitrogen and oxygen atoms in total. The van der Waals surface area contributed by atoms with Crippen molar-refractivity contribution < 1.29 is 9.53 Å². The number of rotatable bonds is 1. The van der Waals surface area contributed by atoms with Gasteiger partial charge in [-0.1, -0.05) is 11.6 Å². The molecule has 0 aliphatic carbocycles. The van der Waals surface area contributed by atoms with Gasteiger partial charge in [0.1, 0.15) is 4.88 Å². The average Bonchev–Trinajstić information content (AvgIpc) is 2.69. The molecule has 0 radical (unpaired) electrons. The molecule has 17 heavy (non-hydrogen) atoms. The number of ether oxygens (including phenoxy) is 1. The number of amides is 1. The van der Waals surface area contributed by atoms with Gasteiger partial charge in [0, 0.05) is 6.54 Å². The van der Waals surface area contributed by atoms with Crippen molar-refractivity contribution in [3.8, 4) is 6.07 Å². The second kappa shape index (κ2) is 5.05. The number of hydrogen-bond donors (Lipinski definition) is 0. The van der Waals surface area contributed by atoms with Gasteiger partial charge in [-0.3, -0.25) is 4.79 Å². The van der Waals surface area contributed by atoms with Crippen LogP contribution < -0.4 is 0 Å². The van der Waals surface area contributed by atoms with E-state index in [1.807, 2.05) is 18.4 Å². The van der Waals surface area contributed by atoms with Gasteiger partial charge in [0.15, 0.2) is 6.10 Å². The van der Waals surface area contributed by atoms with Crippen molar-refractivity contribution in [1.82, 2.24) is 4.90 Å². The Kier molecular flexibility index (Phi) is 3.67. The maximum atomic E-state index is 12.2. The predicted molar refractivity (Wildman–Crippen MR) is 65.3 cm³/mol. The summed E-state index contributed by atoms with van der Waals surface area (Å²) in [6.07, 6.45) is -0.535. The van der Waals surface area contributed by atoms with Crippen LogP contribution in [0.1, 0.15) is 15.2 Å². The highest BCUT2D eigenvalue weighted by molar-refractivity contribution is 7.13. The molecule has 0 N–H and O–H groups in total. The van der Waals surface area contributed by atoms with Crippen LogP contribution in [-0.4, -0.2) is 36.6 Å². The van der Waals surface area contributed by atoms with Crippen LogP contribution in [0.3, 0.4) is 0 Å². The van der Waals surface area contributed by atoms with Gasteiger partial charge < -0.3 is 9.64 Å². The first-order chi connectivity index (χ1) is 8.13. The quantitative estimate of drug-likeness (QED) is 0.785. The first-order valence-corrected chi connectivity index (χ1v) is 6.43. The molecule has 1 fully saturated rings. The molecule has 0 bridgehead atoms. The second-order valence-corrected chi connectivity index (χ2v) is 5.06. The van der Waals surface area contributed by atoms with E-state index in [4.69, 9.17) is 21.6 Å². The summed E-state index contributed by atoms with van der Waals surface area (Å²) in [5.74, 6) is -0.114. The lowest BCUT2D eigenvalue weighted by Gasteiger charge is -2.29. The normalized spacial score (nSPS) is 20.1. The summed E-state index contributed by atoms with van der Waals surface area (Å²) in [6.45, 7) is 3.08. The molecule has 1 unspecified atom stereocenters. The molecule has 0 spiro atoms. The zero-order valence-corrected chi connectivity index (χ0v) is 10.8. The molecule has 90 valence electrons. The van der Waals surface area contributed by atoms with E-state index in [0.717, 1.165) is 5.56 Å². The monoisotopic (exact) mass is 270 g/mol. The fourth-order valence-corrected chi connectivity index (χ4v) is 2.87. The van der Waals surface area contributed by atoms with E-state index >= 15 is 0 Å². The number of nitrogens with zero attached hydrogens (tertiary/aromatic N) is 2. The van der Waals surface area contributed by atoms with E-state index in [1.165, 1.54) is 11.3 Å². The van der Waals surface area contributed by atoms with Crippen molar-refractivity contribution in [3.63, 3.8) is 0 Å². The standard InChI is InChI=1S/C11H11ClN2O2S/c1-7-6-17-10(9(7)12)11(15)14-2-3-16-8(4-13)5-14/h6,8H,2-3,5H2,1H3. The van der Waals surface area contributed by atoms with Gasteiger partial charge in [-0.2, -0.15) is 5.26 Å². The first kappa shape index (κ1) is 12.4. The van der Waals surface area contributed by atoms with Gasteiger partial charge in [-0.25, -0.2) is 0 Å². The Morgan fingerprint density at radius 3 is 3.12 bits per heavy atom. The van der Waals surface area contributed by atoms with E-state index in [0.29, 0.717) is 29.6 Å². The van der Waals surface area contributed by atoms with E-state index in [1.54, 1.807) is 4.90 Å². The lowest BCUT2D eigenvalue weighted by Crippen LogP contribution is -2.44. The summed E-state index contributed by atoms with van der Waals surface area (Å²) in [6, 6.07) is 2.01. The molecule has 0 saturated carbocycles. The minimum atomic E-state index is -0.535. The van der Waals surface area contributed by atoms with Crippen molar-refractivity contribution >= 4 is 28.8 Å². The molecule has 1 atom stereocenters. The van der Waals surface area contributed by atoms with Crippen LogP contribution in [0.25, 0.3) is 0 Å². The van der Waals surface area contributed by atoms with Crippen LogP contribution in [0.2, 0.25) is 5.02 Å². The number of aryl methyl sites for hydroxylation is 1. The molecule has 1 aliphatic rings. The van der Waals surface area contributed by atoms with Crippen molar-refractivity contribution in [2.75, 3.05) is 19.7 Å². The third kappa shape index (κ3) is 2.44. The fraction of sp³-hybridized carbons (Fsp3) is 0.455. The maximum absolute atomic E-state index is 12.2. The van der Waals surface area contributed by atoms with Crippen LogP contribution in [0.5, 0.6) is 0 Å². The number of carbonyl (C=O) groups excluding carboxylic acids is 1. The van der Waals surface area contributed by atoms with E-state index in [-0.39, 0.29) is 5.91 Å². The largest absolute Gasteiger partial charge is 0.360 e. The van der Waals surface area contributed by atoms with Gasteiger partial charge in [0.2, 0.25) is 0 Å². The predicted octanol–water partition coefficient (Wildman–Crippen LogP) is 2.07. The molecule has 6 heteroatoms. The van der Waals surface area contributed by atoms with Crippen molar-refractivity contribution in [2.45, 2.75) is 13.0 Å². The molecule has 1 aliphatic heterocycles. The molecule has 2 rings (SSSR count). The number of carbonyl (C=O) groups is 1. The second-order valence-electron chi connectivity index (χ2n) is 3.80. The Morgan fingerprint density at radius 1 is 1.76 bits per heavy atom. The van der Waals surface area contributed by atoms with Crippen molar-refractivity contribution in [3.05, 3.63) is 20.8 Å². The highest BCUT2D eigenvalue weighted by Gasteiger charge is 2.27. The summed E-state index contributed by atoms with van der Waals surface area (Å²) in [5, 5.41) is 11.2. The Labute approximate surface area is 108 Å². The van der Waals surface area contributed by atoms with E-state index < -0.39 is 6.10 Å². The molecular formula is C11H11ClN2O2S. The zero-order valence-electron chi connectivity index (χ0n) is 9.27. The van der Waals surface area contributed by atoms with Crippen LogP contribution in [0.4, 0.5) is 0 Å². The topological polar surface area (TPSA) is 53.3 Å². The number of hydrogen-bond acceptors (Lipinski definition) is 4. The summed E-state index contributed by atoms with van der Waals surface area (Å²) < 4.78 is 5.19. The van der Waals surface area contributed by atoms with Gasteiger partial charge in [-0.05, 0) is 17.9 Å². The number of morpholine rings is 1. The Bertz CT molecular complexity index is 480. The SMILES string of the molecule is Cc1csc(C(=O)N2CCOC(C#N)C2)c1Cl. The van der Waals surface area contributed by atoms with Gasteiger partial charge in [-0.15, -0.1) is 11.3 Å². The zero-order chi connectivity index (χ0) is 12.4. The van der Waals surface area contributed by atoms with Crippen molar-refractivity contribution in [2.24, 2.45) is 0 Å².